The minimum Gasteiger partial charge on any atom is -0.490 e. The van der Waals surface area contributed by atoms with Crippen LogP contribution in [0.2, 0.25) is 0 Å². The molecule has 0 saturated carbocycles. The number of hydrogen-bond acceptors (Lipinski definition) is 3. The van der Waals surface area contributed by atoms with E-state index in [0.29, 0.717) is 24.5 Å². The summed E-state index contributed by atoms with van der Waals surface area (Å²) in [4.78, 5) is 11.3. The molecule has 3 rings (SSSR count). The Morgan fingerprint density at radius 1 is 0.476 bits per heavy atom. The van der Waals surface area contributed by atoms with Gasteiger partial charge in [0.25, 0.3) is 0 Å². The van der Waals surface area contributed by atoms with Gasteiger partial charge in [-0.25, -0.2) is 9.13 Å². The highest BCUT2D eigenvalue weighted by Gasteiger charge is 2.07. The smallest absolute Gasteiger partial charge is 0.168 e. The van der Waals surface area contributed by atoms with E-state index < -0.39 is 0 Å². The van der Waals surface area contributed by atoms with Gasteiger partial charge in [-0.2, -0.15) is 0 Å². The molecule has 3 aromatic rings. The van der Waals surface area contributed by atoms with Gasteiger partial charge in [-0.1, -0.05) is 76.3 Å². The highest BCUT2D eigenvalue weighted by Crippen LogP contribution is 2.28. The van der Waals surface area contributed by atoms with E-state index in [4.69, 9.17) is 9.47 Å². The summed E-state index contributed by atoms with van der Waals surface area (Å²) >= 11 is 0. The fraction of sp³-hybridized carbons (Fsp3) is 0.541. The van der Waals surface area contributed by atoms with Crippen molar-refractivity contribution in [2.24, 2.45) is 0 Å². The predicted octanol–water partition coefficient (Wildman–Crippen LogP) is 8.47. The minimum atomic E-state index is 0.630. The molecule has 0 unspecified atom stereocenters. The Bertz CT molecular complexity index is 1070. The molecule has 5 heteroatoms. The van der Waals surface area contributed by atoms with Crippen LogP contribution in [0, 0.1) is 0 Å². The zero-order valence-corrected chi connectivity index (χ0v) is 25.8. The normalized spacial score (nSPS) is 11.0. The molecule has 2 aromatic heterocycles. The van der Waals surface area contributed by atoms with Gasteiger partial charge in [-0.3, -0.25) is 4.79 Å². The summed E-state index contributed by atoms with van der Waals surface area (Å²) < 4.78 is 16.7. The van der Waals surface area contributed by atoms with Gasteiger partial charge < -0.3 is 9.47 Å². The van der Waals surface area contributed by atoms with Gasteiger partial charge in [0.1, 0.15) is 19.4 Å². The summed E-state index contributed by atoms with van der Waals surface area (Å²) in [7, 11) is 0. The molecule has 42 heavy (non-hydrogen) atoms. The largest absolute Gasteiger partial charge is 0.490 e. The number of aldehydes is 1. The Balaban J connectivity index is 1.16. The Morgan fingerprint density at radius 2 is 0.881 bits per heavy atom. The third kappa shape index (κ3) is 15.1. The Kier molecular flexibility index (Phi) is 17.8. The minimum absolute atomic E-state index is 0.630. The van der Waals surface area contributed by atoms with Gasteiger partial charge >= 0.3 is 0 Å². The Hall–Kier alpha value is -3.21. The number of nitrogens with zero attached hydrogens (tertiary/aromatic N) is 2. The molecule has 0 aliphatic carbocycles. The molecule has 0 fully saturated rings. The van der Waals surface area contributed by atoms with Gasteiger partial charge in [0, 0.05) is 42.7 Å². The van der Waals surface area contributed by atoms with Crippen LogP contribution < -0.4 is 18.6 Å². The van der Waals surface area contributed by atoms with Crippen molar-refractivity contribution in [1.82, 2.24) is 0 Å². The van der Waals surface area contributed by atoms with Crippen molar-refractivity contribution < 1.29 is 23.4 Å². The zero-order valence-electron chi connectivity index (χ0n) is 25.8. The van der Waals surface area contributed by atoms with Crippen LogP contribution >= 0.6 is 0 Å². The molecular weight excluding hydrogens is 520 g/mol. The average molecular weight is 575 g/mol. The second-order valence-corrected chi connectivity index (χ2v) is 11.4. The molecule has 0 spiro atoms. The van der Waals surface area contributed by atoms with E-state index in [9.17, 15) is 4.79 Å². The fourth-order valence-electron chi connectivity index (χ4n) is 5.28. The maximum Gasteiger partial charge on any atom is 0.168 e. The first-order chi connectivity index (χ1) is 20.8. The van der Waals surface area contributed by atoms with Crippen molar-refractivity contribution in [1.29, 1.82) is 0 Å². The Morgan fingerprint density at radius 3 is 1.33 bits per heavy atom. The molecular formula is C37H54N2O3+2. The average Bonchev–Trinajstić information content (AvgIpc) is 3.03. The van der Waals surface area contributed by atoms with Crippen LogP contribution in [0.1, 0.15) is 113 Å². The lowest BCUT2D eigenvalue weighted by molar-refractivity contribution is -0.697. The van der Waals surface area contributed by atoms with E-state index in [1.165, 1.54) is 89.9 Å². The summed E-state index contributed by atoms with van der Waals surface area (Å²) in [5, 5.41) is 0. The Labute approximate surface area is 254 Å². The first kappa shape index (κ1) is 33.3. The molecule has 5 nitrogen and oxygen atoms in total. The van der Waals surface area contributed by atoms with E-state index in [0.717, 1.165) is 38.0 Å². The van der Waals surface area contributed by atoms with Crippen LogP contribution in [0.3, 0.4) is 0 Å². The number of pyridine rings is 2. The summed E-state index contributed by atoms with van der Waals surface area (Å²) in [6.07, 6.45) is 29.4. The first-order valence-corrected chi connectivity index (χ1v) is 16.6. The number of benzene rings is 1. The number of aromatic nitrogens is 2. The number of ether oxygens (including phenoxy) is 2. The zero-order chi connectivity index (χ0) is 29.3. The van der Waals surface area contributed by atoms with Gasteiger partial charge in [0.15, 0.2) is 36.3 Å². The second kappa shape index (κ2) is 22.4. The summed E-state index contributed by atoms with van der Waals surface area (Å²) in [6, 6.07) is 18.0. The quantitative estimate of drug-likeness (QED) is 0.0579. The van der Waals surface area contributed by atoms with E-state index in [-0.39, 0.29) is 0 Å². The number of aryl methyl sites for hydroxylation is 2. The van der Waals surface area contributed by atoms with Crippen molar-refractivity contribution in [3.8, 4) is 11.5 Å². The molecule has 0 aliphatic rings. The van der Waals surface area contributed by atoms with Crippen molar-refractivity contribution in [2.75, 3.05) is 13.2 Å². The van der Waals surface area contributed by atoms with E-state index in [2.05, 4.69) is 70.3 Å². The summed E-state index contributed by atoms with van der Waals surface area (Å²) in [5.74, 6) is 1.45. The van der Waals surface area contributed by atoms with Crippen molar-refractivity contribution >= 4 is 6.29 Å². The lowest BCUT2D eigenvalue weighted by Gasteiger charge is -2.13. The van der Waals surface area contributed by atoms with E-state index >= 15 is 0 Å². The lowest BCUT2D eigenvalue weighted by atomic mass is 10.1. The number of rotatable bonds is 25. The maximum atomic E-state index is 11.3. The van der Waals surface area contributed by atoms with Crippen LogP contribution in [0.5, 0.6) is 11.5 Å². The van der Waals surface area contributed by atoms with Crippen LogP contribution in [0.4, 0.5) is 0 Å². The van der Waals surface area contributed by atoms with Crippen molar-refractivity contribution in [3.05, 3.63) is 84.9 Å². The lowest BCUT2D eigenvalue weighted by Crippen LogP contribution is -2.32. The molecule has 0 bridgehead atoms. The number of unbranched alkanes of at least 4 members (excludes halogenated alkanes) is 14. The van der Waals surface area contributed by atoms with E-state index in [1.54, 1.807) is 0 Å². The molecule has 0 radical (unpaired) electrons. The third-order valence-corrected chi connectivity index (χ3v) is 7.79. The molecule has 0 amide bonds. The van der Waals surface area contributed by atoms with Crippen LogP contribution in [0.25, 0.3) is 0 Å². The van der Waals surface area contributed by atoms with Crippen LogP contribution in [0.15, 0.2) is 79.4 Å². The molecule has 228 valence electrons. The molecule has 0 aliphatic heterocycles. The number of carbonyl (C=O) groups excluding carboxylic acids is 1. The van der Waals surface area contributed by atoms with Crippen LogP contribution in [-0.2, 0) is 13.1 Å². The second-order valence-electron chi connectivity index (χ2n) is 11.4. The number of carbonyl (C=O) groups is 1. The summed E-state index contributed by atoms with van der Waals surface area (Å²) in [5.41, 5.74) is 0.630. The first-order valence-electron chi connectivity index (χ1n) is 16.6. The standard InChI is InChI=1S/C37H54N2O3/c40-34-35-23-24-36(41-31-21-11-7-3-1-5-9-15-25-38-27-17-13-18-28-38)37(33-35)42-32-22-12-8-4-2-6-10-16-26-39-29-19-14-20-30-39/h13-14,17-20,23-24,27-30,33-34H,1-12,15-16,21-22,25-26,31-32H2/q+2. The van der Waals surface area contributed by atoms with Crippen LogP contribution in [-0.4, -0.2) is 19.5 Å². The van der Waals surface area contributed by atoms with Gasteiger partial charge in [-0.05, 0) is 43.9 Å². The third-order valence-electron chi connectivity index (χ3n) is 7.79. The number of hydrogen-bond donors (Lipinski definition) is 0. The van der Waals surface area contributed by atoms with Gasteiger partial charge in [0.05, 0.1) is 13.2 Å². The van der Waals surface area contributed by atoms with Gasteiger partial charge in [0.2, 0.25) is 0 Å². The highest BCUT2D eigenvalue weighted by molar-refractivity contribution is 5.76. The molecule has 0 saturated heterocycles. The topological polar surface area (TPSA) is 43.3 Å². The maximum absolute atomic E-state index is 11.3. The van der Waals surface area contributed by atoms with Crippen molar-refractivity contribution in [3.63, 3.8) is 0 Å². The SMILES string of the molecule is O=Cc1ccc(OCCCCCCCCCC[n+]2ccccc2)c(OCCCCCCCCCC[n+]2ccccc2)c1. The summed E-state index contributed by atoms with van der Waals surface area (Å²) in [6.45, 7) is 3.59. The molecule has 0 N–H and O–H groups in total. The molecule has 1 aromatic carbocycles. The monoisotopic (exact) mass is 574 g/mol. The van der Waals surface area contributed by atoms with Crippen molar-refractivity contribution in [2.45, 2.75) is 116 Å². The fourth-order valence-corrected chi connectivity index (χ4v) is 5.28. The van der Waals surface area contributed by atoms with E-state index in [1.807, 2.05) is 18.2 Å². The van der Waals surface area contributed by atoms with Gasteiger partial charge in [-0.15, -0.1) is 0 Å². The highest BCUT2D eigenvalue weighted by atomic mass is 16.5. The molecule has 2 heterocycles. The predicted molar refractivity (Wildman–Crippen MR) is 170 cm³/mol. The molecule has 0 atom stereocenters.